The van der Waals surface area contributed by atoms with E-state index in [1.165, 1.54) is 0 Å². The van der Waals surface area contributed by atoms with Crippen LogP contribution in [0, 0.1) is 0 Å². The highest BCUT2D eigenvalue weighted by Crippen LogP contribution is 2.19. The number of amides is 1. The molecule has 0 aliphatic carbocycles. The van der Waals surface area contributed by atoms with Crippen LogP contribution < -0.4 is 11.1 Å². The third-order valence-electron chi connectivity index (χ3n) is 3.63. The molecule has 3 N–H and O–H groups in total. The van der Waals surface area contributed by atoms with Gasteiger partial charge in [0.15, 0.2) is 5.82 Å². The number of rotatable bonds is 5. The van der Waals surface area contributed by atoms with Crippen molar-refractivity contribution in [3.8, 4) is 0 Å². The van der Waals surface area contributed by atoms with Crippen LogP contribution in [-0.2, 0) is 19.5 Å². The second-order valence-corrected chi connectivity index (χ2v) is 5.21. The zero-order valence-corrected chi connectivity index (χ0v) is 12.0. The van der Waals surface area contributed by atoms with Gasteiger partial charge in [0, 0.05) is 32.3 Å². The van der Waals surface area contributed by atoms with Crippen molar-refractivity contribution in [2.75, 3.05) is 6.54 Å². The summed E-state index contributed by atoms with van der Waals surface area (Å²) in [7, 11) is 0. The number of nitrogens with two attached hydrogens (primary N) is 1. The SMILES string of the molecule is CC(NC(=O)c1cn(CCN)cn1)c1nnc2n1CCC2. The monoisotopic (exact) mass is 289 g/mol. The number of aryl methyl sites for hydroxylation is 1. The topological polar surface area (TPSA) is 104 Å². The minimum absolute atomic E-state index is 0.198. The quantitative estimate of drug-likeness (QED) is 0.798. The van der Waals surface area contributed by atoms with Crippen LogP contribution in [0.2, 0.25) is 0 Å². The van der Waals surface area contributed by atoms with E-state index in [4.69, 9.17) is 5.73 Å². The van der Waals surface area contributed by atoms with Crippen LogP contribution in [-0.4, -0.2) is 36.8 Å². The second kappa shape index (κ2) is 5.65. The van der Waals surface area contributed by atoms with E-state index >= 15 is 0 Å². The number of imidazole rings is 1. The van der Waals surface area contributed by atoms with Crippen LogP contribution in [0.25, 0.3) is 0 Å². The highest BCUT2D eigenvalue weighted by molar-refractivity contribution is 5.92. The van der Waals surface area contributed by atoms with Crippen molar-refractivity contribution >= 4 is 5.91 Å². The van der Waals surface area contributed by atoms with E-state index in [0.717, 1.165) is 31.0 Å². The van der Waals surface area contributed by atoms with Crippen LogP contribution in [0.1, 0.15) is 41.5 Å². The smallest absolute Gasteiger partial charge is 0.272 e. The maximum Gasteiger partial charge on any atom is 0.272 e. The van der Waals surface area contributed by atoms with Gasteiger partial charge in [0.2, 0.25) is 0 Å². The minimum Gasteiger partial charge on any atom is -0.341 e. The second-order valence-electron chi connectivity index (χ2n) is 5.21. The van der Waals surface area contributed by atoms with Crippen molar-refractivity contribution in [3.05, 3.63) is 29.9 Å². The Morgan fingerprint density at radius 1 is 1.52 bits per heavy atom. The number of fused-ring (bicyclic) bond motifs is 1. The Hall–Kier alpha value is -2.22. The molecule has 1 aliphatic rings. The average Bonchev–Trinajstić information content (AvgIpc) is 3.14. The van der Waals surface area contributed by atoms with E-state index in [1.54, 1.807) is 17.1 Å². The van der Waals surface area contributed by atoms with Crippen molar-refractivity contribution in [2.24, 2.45) is 5.73 Å². The van der Waals surface area contributed by atoms with Crippen molar-refractivity contribution in [1.82, 2.24) is 29.6 Å². The number of carbonyl (C=O) groups excluding carboxylic acids is 1. The first-order chi connectivity index (χ1) is 10.2. The van der Waals surface area contributed by atoms with Gasteiger partial charge < -0.3 is 20.2 Å². The molecular formula is C13H19N7O. The molecule has 0 saturated heterocycles. The van der Waals surface area contributed by atoms with Gasteiger partial charge in [-0.25, -0.2) is 4.98 Å². The van der Waals surface area contributed by atoms with E-state index in [0.29, 0.717) is 18.8 Å². The van der Waals surface area contributed by atoms with Crippen molar-refractivity contribution in [3.63, 3.8) is 0 Å². The summed E-state index contributed by atoms with van der Waals surface area (Å²) in [4.78, 5) is 16.3. The molecule has 1 atom stereocenters. The molecule has 112 valence electrons. The van der Waals surface area contributed by atoms with E-state index in [2.05, 4.69) is 25.1 Å². The van der Waals surface area contributed by atoms with Gasteiger partial charge in [0.1, 0.15) is 11.5 Å². The Morgan fingerprint density at radius 3 is 3.19 bits per heavy atom. The highest BCUT2D eigenvalue weighted by Gasteiger charge is 2.23. The lowest BCUT2D eigenvalue weighted by Crippen LogP contribution is -2.29. The van der Waals surface area contributed by atoms with E-state index < -0.39 is 0 Å². The van der Waals surface area contributed by atoms with Gasteiger partial charge in [0.25, 0.3) is 5.91 Å². The van der Waals surface area contributed by atoms with Crippen LogP contribution >= 0.6 is 0 Å². The number of nitrogens with one attached hydrogen (secondary N) is 1. The zero-order chi connectivity index (χ0) is 14.8. The molecule has 3 rings (SSSR count). The molecule has 0 spiro atoms. The molecule has 2 aromatic heterocycles. The van der Waals surface area contributed by atoms with Crippen LogP contribution in [0.15, 0.2) is 12.5 Å². The van der Waals surface area contributed by atoms with E-state index in [9.17, 15) is 4.79 Å². The molecule has 8 nitrogen and oxygen atoms in total. The van der Waals surface area contributed by atoms with Crippen molar-refractivity contribution in [1.29, 1.82) is 0 Å². The van der Waals surface area contributed by atoms with Gasteiger partial charge in [-0.1, -0.05) is 0 Å². The summed E-state index contributed by atoms with van der Waals surface area (Å²) in [5, 5.41) is 11.2. The molecule has 1 unspecified atom stereocenters. The normalized spacial score (nSPS) is 15.0. The maximum absolute atomic E-state index is 12.2. The Labute approximate surface area is 122 Å². The van der Waals surface area contributed by atoms with Gasteiger partial charge in [-0.15, -0.1) is 10.2 Å². The standard InChI is InChI=1S/C13H19N7O/c1-9(12-18-17-11-3-2-5-20(11)12)16-13(21)10-7-19(6-4-14)8-15-10/h7-9H,2-6,14H2,1H3,(H,16,21). The van der Waals surface area contributed by atoms with Crippen molar-refractivity contribution in [2.45, 2.75) is 38.9 Å². The summed E-state index contributed by atoms with van der Waals surface area (Å²) < 4.78 is 3.88. The van der Waals surface area contributed by atoms with E-state index in [1.807, 2.05) is 6.92 Å². The molecule has 0 radical (unpaired) electrons. The molecule has 1 amide bonds. The third kappa shape index (κ3) is 2.66. The van der Waals surface area contributed by atoms with E-state index in [-0.39, 0.29) is 11.9 Å². The van der Waals surface area contributed by atoms with Gasteiger partial charge in [-0.3, -0.25) is 4.79 Å². The summed E-state index contributed by atoms with van der Waals surface area (Å²) in [6.07, 6.45) is 5.35. The molecular weight excluding hydrogens is 270 g/mol. The fourth-order valence-electron chi connectivity index (χ4n) is 2.58. The lowest BCUT2D eigenvalue weighted by molar-refractivity contribution is 0.0933. The molecule has 0 saturated carbocycles. The van der Waals surface area contributed by atoms with Gasteiger partial charge in [0.05, 0.1) is 12.4 Å². The minimum atomic E-state index is -0.214. The summed E-state index contributed by atoms with van der Waals surface area (Å²) in [5.41, 5.74) is 5.86. The number of hydrogen-bond donors (Lipinski definition) is 2. The number of aromatic nitrogens is 5. The third-order valence-corrected chi connectivity index (χ3v) is 3.63. The van der Waals surface area contributed by atoms with Crippen LogP contribution in [0.4, 0.5) is 0 Å². The number of carbonyl (C=O) groups is 1. The molecule has 0 aromatic carbocycles. The van der Waals surface area contributed by atoms with Gasteiger partial charge in [-0.2, -0.15) is 0 Å². The largest absolute Gasteiger partial charge is 0.341 e. The summed E-state index contributed by atoms with van der Waals surface area (Å²) in [6, 6.07) is -0.198. The zero-order valence-electron chi connectivity index (χ0n) is 12.0. The molecule has 0 fully saturated rings. The molecule has 21 heavy (non-hydrogen) atoms. The highest BCUT2D eigenvalue weighted by atomic mass is 16.2. The molecule has 2 aromatic rings. The average molecular weight is 289 g/mol. The Balaban J connectivity index is 1.68. The predicted molar refractivity (Wildman–Crippen MR) is 75.5 cm³/mol. The van der Waals surface area contributed by atoms with Gasteiger partial charge >= 0.3 is 0 Å². The lowest BCUT2D eigenvalue weighted by Gasteiger charge is -2.12. The Bertz CT molecular complexity index is 645. The first-order valence-corrected chi connectivity index (χ1v) is 7.13. The van der Waals surface area contributed by atoms with Gasteiger partial charge in [-0.05, 0) is 13.3 Å². The fourth-order valence-corrected chi connectivity index (χ4v) is 2.58. The Kier molecular flexibility index (Phi) is 3.70. The number of hydrogen-bond acceptors (Lipinski definition) is 5. The van der Waals surface area contributed by atoms with Crippen LogP contribution in [0.3, 0.4) is 0 Å². The molecule has 8 heteroatoms. The number of nitrogens with zero attached hydrogens (tertiary/aromatic N) is 5. The molecule has 1 aliphatic heterocycles. The first-order valence-electron chi connectivity index (χ1n) is 7.13. The lowest BCUT2D eigenvalue weighted by atomic mass is 10.3. The Morgan fingerprint density at radius 2 is 2.38 bits per heavy atom. The molecule has 0 bridgehead atoms. The predicted octanol–water partition coefficient (Wildman–Crippen LogP) is -0.129. The summed E-state index contributed by atoms with van der Waals surface area (Å²) in [5.74, 6) is 1.59. The summed E-state index contributed by atoms with van der Waals surface area (Å²) in [6.45, 7) is 3.99. The summed E-state index contributed by atoms with van der Waals surface area (Å²) >= 11 is 0. The van der Waals surface area contributed by atoms with Crippen molar-refractivity contribution < 1.29 is 4.79 Å². The first kappa shape index (κ1) is 13.7. The maximum atomic E-state index is 12.2. The molecule has 3 heterocycles. The fraction of sp³-hybridized carbons (Fsp3) is 0.538. The van der Waals surface area contributed by atoms with Crippen LogP contribution in [0.5, 0.6) is 0 Å².